The first kappa shape index (κ1) is 15.5. The number of hydrogen-bond donors (Lipinski definition) is 1. The summed E-state index contributed by atoms with van der Waals surface area (Å²) < 4.78 is 7.91. The SMILES string of the molecule is CCCNC(Cc1cnn(C)c1)C1(OC)CCCCC1. The Morgan fingerprint density at radius 1 is 1.40 bits per heavy atom. The van der Waals surface area contributed by atoms with Crippen LogP contribution in [0.25, 0.3) is 0 Å². The van der Waals surface area contributed by atoms with E-state index in [9.17, 15) is 0 Å². The van der Waals surface area contributed by atoms with Gasteiger partial charge in [-0.25, -0.2) is 0 Å². The molecule has 20 heavy (non-hydrogen) atoms. The van der Waals surface area contributed by atoms with E-state index < -0.39 is 0 Å². The minimum atomic E-state index is 0.00324. The predicted octanol–water partition coefficient (Wildman–Crippen LogP) is 2.68. The maximum Gasteiger partial charge on any atom is 0.0834 e. The lowest BCUT2D eigenvalue weighted by Gasteiger charge is -2.43. The number of nitrogens with one attached hydrogen (secondary N) is 1. The highest BCUT2D eigenvalue weighted by Crippen LogP contribution is 2.35. The number of aryl methyl sites for hydroxylation is 1. The number of aromatic nitrogens is 2. The summed E-state index contributed by atoms with van der Waals surface area (Å²) in [6.45, 7) is 3.27. The molecule has 1 N–H and O–H groups in total. The van der Waals surface area contributed by atoms with Crippen molar-refractivity contribution in [2.24, 2.45) is 7.05 Å². The van der Waals surface area contributed by atoms with Gasteiger partial charge in [0.2, 0.25) is 0 Å². The van der Waals surface area contributed by atoms with Gasteiger partial charge in [-0.3, -0.25) is 4.68 Å². The fourth-order valence-corrected chi connectivity index (χ4v) is 3.42. The largest absolute Gasteiger partial charge is 0.377 e. The summed E-state index contributed by atoms with van der Waals surface area (Å²) in [5, 5.41) is 8.02. The van der Waals surface area contributed by atoms with Gasteiger partial charge in [-0.15, -0.1) is 0 Å². The molecule has 0 spiro atoms. The molecular weight excluding hydrogens is 250 g/mol. The van der Waals surface area contributed by atoms with E-state index in [2.05, 4.69) is 23.5 Å². The molecule has 0 amide bonds. The van der Waals surface area contributed by atoms with Gasteiger partial charge >= 0.3 is 0 Å². The lowest BCUT2D eigenvalue weighted by Crippen LogP contribution is -2.54. The maximum absolute atomic E-state index is 6.03. The molecule has 1 aliphatic carbocycles. The normalized spacial score (nSPS) is 19.9. The lowest BCUT2D eigenvalue weighted by atomic mass is 9.77. The number of nitrogens with zero attached hydrogens (tertiary/aromatic N) is 2. The van der Waals surface area contributed by atoms with Gasteiger partial charge in [-0.1, -0.05) is 26.2 Å². The molecule has 0 saturated heterocycles. The van der Waals surface area contributed by atoms with Crippen molar-refractivity contribution < 1.29 is 4.74 Å². The smallest absolute Gasteiger partial charge is 0.0834 e. The van der Waals surface area contributed by atoms with E-state index in [-0.39, 0.29) is 5.60 Å². The summed E-state index contributed by atoms with van der Waals surface area (Å²) in [6.07, 6.45) is 12.5. The number of rotatable bonds is 7. The lowest BCUT2D eigenvalue weighted by molar-refractivity contribution is -0.0672. The van der Waals surface area contributed by atoms with E-state index in [1.54, 1.807) is 0 Å². The summed E-state index contributed by atoms with van der Waals surface area (Å²) in [4.78, 5) is 0. The molecule has 1 atom stereocenters. The molecule has 1 saturated carbocycles. The van der Waals surface area contributed by atoms with Crippen molar-refractivity contribution in [3.05, 3.63) is 18.0 Å². The highest BCUT2D eigenvalue weighted by Gasteiger charge is 2.39. The number of ether oxygens (including phenoxy) is 1. The Morgan fingerprint density at radius 2 is 2.15 bits per heavy atom. The molecule has 1 aliphatic rings. The van der Waals surface area contributed by atoms with Gasteiger partial charge < -0.3 is 10.1 Å². The fraction of sp³-hybridized carbons (Fsp3) is 0.812. The fourth-order valence-electron chi connectivity index (χ4n) is 3.42. The summed E-state index contributed by atoms with van der Waals surface area (Å²) in [5.74, 6) is 0. The third-order valence-electron chi connectivity index (χ3n) is 4.58. The van der Waals surface area contributed by atoms with Crippen LogP contribution < -0.4 is 5.32 Å². The van der Waals surface area contributed by atoms with E-state index in [1.807, 2.05) is 25.0 Å². The Hall–Kier alpha value is -0.870. The van der Waals surface area contributed by atoms with Gasteiger partial charge in [0, 0.05) is 26.4 Å². The molecule has 0 aliphatic heterocycles. The second-order valence-electron chi connectivity index (χ2n) is 6.06. The van der Waals surface area contributed by atoms with Crippen molar-refractivity contribution >= 4 is 0 Å². The van der Waals surface area contributed by atoms with Crippen LogP contribution in [0.2, 0.25) is 0 Å². The molecular formula is C16H29N3O. The van der Waals surface area contributed by atoms with Gasteiger partial charge in [0.1, 0.15) is 0 Å². The van der Waals surface area contributed by atoms with Gasteiger partial charge in [0.05, 0.1) is 11.8 Å². The second-order valence-corrected chi connectivity index (χ2v) is 6.06. The Bertz CT molecular complexity index is 396. The van der Waals surface area contributed by atoms with Gasteiger partial charge in [0.15, 0.2) is 0 Å². The molecule has 1 unspecified atom stereocenters. The van der Waals surface area contributed by atoms with Crippen LogP contribution in [0.3, 0.4) is 0 Å². The Balaban J connectivity index is 2.11. The van der Waals surface area contributed by atoms with E-state index in [0.29, 0.717) is 6.04 Å². The highest BCUT2D eigenvalue weighted by molar-refractivity contribution is 5.10. The van der Waals surface area contributed by atoms with Gasteiger partial charge in [-0.2, -0.15) is 5.10 Å². The van der Waals surface area contributed by atoms with Crippen molar-refractivity contribution in [2.45, 2.75) is 63.5 Å². The number of hydrogen-bond acceptors (Lipinski definition) is 3. The summed E-state index contributed by atoms with van der Waals surface area (Å²) in [5.41, 5.74) is 1.30. The summed E-state index contributed by atoms with van der Waals surface area (Å²) in [6, 6.07) is 0.386. The Morgan fingerprint density at radius 3 is 2.70 bits per heavy atom. The van der Waals surface area contributed by atoms with Crippen LogP contribution in [-0.4, -0.2) is 35.1 Å². The van der Waals surface area contributed by atoms with Crippen LogP contribution in [0.1, 0.15) is 51.0 Å². The van der Waals surface area contributed by atoms with Crippen LogP contribution in [-0.2, 0) is 18.2 Å². The zero-order valence-corrected chi connectivity index (χ0v) is 13.2. The topological polar surface area (TPSA) is 39.1 Å². The molecule has 1 heterocycles. The second kappa shape index (κ2) is 7.23. The summed E-state index contributed by atoms with van der Waals surface area (Å²) in [7, 11) is 3.86. The first-order valence-corrected chi connectivity index (χ1v) is 7.96. The van der Waals surface area contributed by atoms with Gasteiger partial charge in [0.25, 0.3) is 0 Å². The predicted molar refractivity (Wildman–Crippen MR) is 81.8 cm³/mol. The van der Waals surface area contributed by atoms with Crippen LogP contribution in [0, 0.1) is 0 Å². The monoisotopic (exact) mass is 279 g/mol. The van der Waals surface area contributed by atoms with Crippen LogP contribution in [0.15, 0.2) is 12.4 Å². The number of methoxy groups -OCH3 is 1. The van der Waals surface area contributed by atoms with Gasteiger partial charge in [-0.05, 0) is 37.8 Å². The van der Waals surface area contributed by atoms with Crippen LogP contribution in [0.4, 0.5) is 0 Å². The standard InChI is InChI=1S/C16H29N3O/c1-4-10-17-15(11-14-12-18-19(2)13-14)16(20-3)8-6-5-7-9-16/h12-13,15,17H,4-11H2,1-3H3. The average molecular weight is 279 g/mol. The van der Waals surface area contributed by atoms with Crippen molar-refractivity contribution in [3.8, 4) is 0 Å². The molecule has 2 rings (SSSR count). The van der Waals surface area contributed by atoms with E-state index in [4.69, 9.17) is 4.74 Å². The van der Waals surface area contributed by atoms with Crippen molar-refractivity contribution in [2.75, 3.05) is 13.7 Å². The third kappa shape index (κ3) is 3.61. The van der Waals surface area contributed by atoms with Crippen molar-refractivity contribution in [3.63, 3.8) is 0 Å². The average Bonchev–Trinajstić information content (AvgIpc) is 2.89. The Labute approximate surface area is 122 Å². The molecule has 1 aromatic rings. The van der Waals surface area contributed by atoms with E-state index in [1.165, 1.54) is 37.7 Å². The molecule has 1 aromatic heterocycles. The molecule has 0 radical (unpaired) electrons. The molecule has 4 nitrogen and oxygen atoms in total. The molecule has 4 heteroatoms. The first-order valence-electron chi connectivity index (χ1n) is 7.96. The van der Waals surface area contributed by atoms with Crippen LogP contribution in [0.5, 0.6) is 0 Å². The quantitative estimate of drug-likeness (QED) is 0.834. The summed E-state index contributed by atoms with van der Waals surface area (Å²) >= 11 is 0. The Kier molecular flexibility index (Phi) is 5.61. The minimum absolute atomic E-state index is 0.00324. The zero-order chi connectivity index (χ0) is 14.4. The molecule has 114 valence electrons. The van der Waals surface area contributed by atoms with Crippen molar-refractivity contribution in [1.29, 1.82) is 0 Å². The molecule has 0 bridgehead atoms. The molecule has 1 fully saturated rings. The van der Waals surface area contributed by atoms with E-state index >= 15 is 0 Å². The maximum atomic E-state index is 6.03. The van der Waals surface area contributed by atoms with E-state index in [0.717, 1.165) is 19.4 Å². The first-order chi connectivity index (χ1) is 9.70. The van der Waals surface area contributed by atoms with Crippen LogP contribution >= 0.6 is 0 Å². The van der Waals surface area contributed by atoms with Crippen molar-refractivity contribution in [1.82, 2.24) is 15.1 Å². The minimum Gasteiger partial charge on any atom is -0.377 e. The zero-order valence-electron chi connectivity index (χ0n) is 13.2. The molecule has 0 aromatic carbocycles. The highest BCUT2D eigenvalue weighted by atomic mass is 16.5. The third-order valence-corrected chi connectivity index (χ3v) is 4.58.